The second-order valence-corrected chi connectivity index (χ2v) is 3.13. The van der Waals surface area contributed by atoms with Crippen LogP contribution in [0.25, 0.3) is 6.08 Å². The molecule has 0 saturated carbocycles. The molecule has 4 nitrogen and oxygen atoms in total. The number of aromatic nitrogens is 2. The third-order valence-electron chi connectivity index (χ3n) is 2.28. The maximum Gasteiger partial charge on any atom is 0.328 e. The highest BCUT2D eigenvalue weighted by Crippen LogP contribution is 2.10. The molecule has 0 aliphatic heterocycles. The Kier molecular flexibility index (Phi) is 1.69. The first-order chi connectivity index (χ1) is 6.20. The van der Waals surface area contributed by atoms with Crippen LogP contribution in [0, 0.1) is 0 Å². The van der Waals surface area contributed by atoms with Crippen LogP contribution in [0.5, 0.6) is 0 Å². The molecule has 0 unspecified atom stereocenters. The Morgan fingerprint density at radius 2 is 2.23 bits per heavy atom. The molecular weight excluding hydrogens is 168 g/mol. The van der Waals surface area contributed by atoms with Crippen LogP contribution in [0.2, 0.25) is 0 Å². The first-order valence-corrected chi connectivity index (χ1v) is 4.19. The first-order valence-electron chi connectivity index (χ1n) is 4.19. The zero-order valence-electron chi connectivity index (χ0n) is 7.33. The lowest BCUT2D eigenvalue weighted by molar-refractivity contribution is 0.741. The Morgan fingerprint density at radius 3 is 3.00 bits per heavy atom. The van der Waals surface area contributed by atoms with E-state index in [1.165, 1.54) is 7.05 Å². The fourth-order valence-corrected chi connectivity index (χ4v) is 1.50. The lowest BCUT2D eigenvalue weighted by Crippen LogP contribution is -2.36. The van der Waals surface area contributed by atoms with Gasteiger partial charge in [-0.2, -0.15) is 0 Å². The molecule has 4 heteroatoms. The predicted molar refractivity (Wildman–Crippen MR) is 49.7 cm³/mol. The summed E-state index contributed by atoms with van der Waals surface area (Å²) in [6.07, 6.45) is 5.34. The van der Waals surface area contributed by atoms with Crippen molar-refractivity contribution in [2.75, 3.05) is 0 Å². The number of hydrogen-bond donors (Lipinski definition) is 1. The molecule has 68 valence electrons. The number of nitrogens with zero attached hydrogens (tertiary/aromatic N) is 1. The fraction of sp³-hybridized carbons (Fsp3) is 0.333. The monoisotopic (exact) mass is 178 g/mol. The van der Waals surface area contributed by atoms with Gasteiger partial charge in [-0.25, -0.2) is 4.79 Å². The zero-order chi connectivity index (χ0) is 9.42. The van der Waals surface area contributed by atoms with Gasteiger partial charge in [0.2, 0.25) is 0 Å². The van der Waals surface area contributed by atoms with Crippen molar-refractivity contribution < 1.29 is 0 Å². The molecule has 0 radical (unpaired) electrons. The molecule has 2 rings (SSSR count). The summed E-state index contributed by atoms with van der Waals surface area (Å²) in [6, 6.07) is 0. The summed E-state index contributed by atoms with van der Waals surface area (Å²) in [5.74, 6) is 0. The van der Waals surface area contributed by atoms with Crippen LogP contribution >= 0.6 is 0 Å². The molecule has 13 heavy (non-hydrogen) atoms. The Morgan fingerprint density at radius 1 is 1.46 bits per heavy atom. The van der Waals surface area contributed by atoms with E-state index >= 15 is 0 Å². The van der Waals surface area contributed by atoms with Crippen molar-refractivity contribution in [3.05, 3.63) is 38.2 Å². The maximum absolute atomic E-state index is 11.5. The van der Waals surface area contributed by atoms with Gasteiger partial charge in [0, 0.05) is 12.6 Å². The third-order valence-corrected chi connectivity index (χ3v) is 2.28. The predicted octanol–water partition coefficient (Wildman–Crippen LogP) is 0.0330. The van der Waals surface area contributed by atoms with E-state index < -0.39 is 0 Å². The standard InChI is InChI=1S/C9H10N2O2/c1-11-8(12)6-4-2-3-5-7(6)10-9(11)13/h3,5H,2,4H2,1H3,(H,10,13). The number of fused-ring (bicyclic) bond motifs is 1. The van der Waals surface area contributed by atoms with E-state index in [4.69, 9.17) is 0 Å². The van der Waals surface area contributed by atoms with Gasteiger partial charge in [-0.15, -0.1) is 0 Å². The van der Waals surface area contributed by atoms with Crippen LogP contribution in [0.1, 0.15) is 17.7 Å². The summed E-state index contributed by atoms with van der Waals surface area (Å²) in [5.41, 5.74) is 0.849. The SMILES string of the molecule is Cn1c(=O)[nH]c2c(c1=O)CCC=C2. The van der Waals surface area contributed by atoms with E-state index in [1.807, 2.05) is 6.08 Å². The minimum atomic E-state index is -0.352. The topological polar surface area (TPSA) is 54.9 Å². The Labute approximate surface area is 74.5 Å². The van der Waals surface area contributed by atoms with E-state index in [-0.39, 0.29) is 11.2 Å². The normalized spacial score (nSPS) is 14.2. The number of rotatable bonds is 0. The van der Waals surface area contributed by atoms with Gasteiger partial charge in [0.05, 0.1) is 5.69 Å². The molecule has 1 N–H and O–H groups in total. The average molecular weight is 178 g/mol. The highest BCUT2D eigenvalue weighted by Gasteiger charge is 2.11. The van der Waals surface area contributed by atoms with E-state index in [0.29, 0.717) is 11.3 Å². The second-order valence-electron chi connectivity index (χ2n) is 3.13. The molecule has 1 heterocycles. The van der Waals surface area contributed by atoms with Crippen LogP contribution in [0.4, 0.5) is 0 Å². The number of nitrogens with one attached hydrogen (secondary N) is 1. The van der Waals surface area contributed by atoms with Gasteiger partial charge < -0.3 is 4.98 Å². The van der Waals surface area contributed by atoms with E-state index in [9.17, 15) is 9.59 Å². The Balaban J connectivity index is 2.84. The number of allylic oxidation sites excluding steroid dienone is 1. The molecule has 1 aromatic heterocycles. The molecule has 1 aliphatic rings. The van der Waals surface area contributed by atoms with Crippen molar-refractivity contribution in [1.82, 2.24) is 9.55 Å². The van der Waals surface area contributed by atoms with Gasteiger partial charge in [-0.1, -0.05) is 6.08 Å². The number of aromatic amines is 1. The molecule has 0 atom stereocenters. The lowest BCUT2D eigenvalue weighted by Gasteiger charge is -2.09. The summed E-state index contributed by atoms with van der Waals surface area (Å²) < 4.78 is 1.11. The minimum Gasteiger partial charge on any atom is -0.307 e. The fourth-order valence-electron chi connectivity index (χ4n) is 1.50. The minimum absolute atomic E-state index is 0.178. The number of H-pyrrole nitrogens is 1. The summed E-state index contributed by atoms with van der Waals surface area (Å²) in [7, 11) is 1.49. The zero-order valence-corrected chi connectivity index (χ0v) is 7.33. The molecule has 0 saturated heterocycles. The highest BCUT2D eigenvalue weighted by atomic mass is 16.2. The summed E-state index contributed by atoms with van der Waals surface area (Å²) in [5, 5.41) is 0. The Hall–Kier alpha value is -1.58. The molecule has 1 aromatic rings. The molecular formula is C9H10N2O2. The molecule has 0 aromatic carbocycles. The van der Waals surface area contributed by atoms with E-state index in [2.05, 4.69) is 4.98 Å². The van der Waals surface area contributed by atoms with Crippen molar-refractivity contribution in [3.8, 4) is 0 Å². The van der Waals surface area contributed by atoms with Gasteiger partial charge in [0.15, 0.2) is 0 Å². The van der Waals surface area contributed by atoms with E-state index in [0.717, 1.165) is 17.4 Å². The second kappa shape index (κ2) is 2.73. The van der Waals surface area contributed by atoms with Crippen molar-refractivity contribution >= 4 is 6.08 Å². The van der Waals surface area contributed by atoms with Gasteiger partial charge >= 0.3 is 5.69 Å². The van der Waals surface area contributed by atoms with Crippen LogP contribution in [0.15, 0.2) is 15.7 Å². The molecule has 0 bridgehead atoms. The smallest absolute Gasteiger partial charge is 0.307 e. The largest absolute Gasteiger partial charge is 0.328 e. The van der Waals surface area contributed by atoms with Crippen molar-refractivity contribution in [1.29, 1.82) is 0 Å². The molecule has 0 fully saturated rings. The first kappa shape index (κ1) is 8.04. The summed E-state index contributed by atoms with van der Waals surface area (Å²) >= 11 is 0. The maximum atomic E-state index is 11.5. The summed E-state index contributed by atoms with van der Waals surface area (Å²) in [6.45, 7) is 0. The van der Waals surface area contributed by atoms with Gasteiger partial charge in [0.1, 0.15) is 0 Å². The van der Waals surface area contributed by atoms with Crippen molar-refractivity contribution in [2.24, 2.45) is 7.05 Å². The quantitative estimate of drug-likeness (QED) is 0.609. The third kappa shape index (κ3) is 1.14. The van der Waals surface area contributed by atoms with Crippen LogP contribution in [0.3, 0.4) is 0 Å². The van der Waals surface area contributed by atoms with Crippen molar-refractivity contribution in [3.63, 3.8) is 0 Å². The molecule has 0 amide bonds. The Bertz CT molecular complexity index is 479. The summed E-state index contributed by atoms with van der Waals surface area (Å²) in [4.78, 5) is 25.4. The van der Waals surface area contributed by atoms with Gasteiger partial charge in [0.25, 0.3) is 5.56 Å². The van der Waals surface area contributed by atoms with Crippen molar-refractivity contribution in [2.45, 2.75) is 12.8 Å². The molecule has 1 aliphatic carbocycles. The molecule has 0 spiro atoms. The van der Waals surface area contributed by atoms with Crippen LogP contribution in [-0.2, 0) is 13.5 Å². The van der Waals surface area contributed by atoms with Gasteiger partial charge in [-0.3, -0.25) is 9.36 Å². The lowest BCUT2D eigenvalue weighted by atomic mass is 10.0. The highest BCUT2D eigenvalue weighted by molar-refractivity contribution is 5.50. The van der Waals surface area contributed by atoms with Crippen LogP contribution < -0.4 is 11.2 Å². The van der Waals surface area contributed by atoms with Crippen LogP contribution in [-0.4, -0.2) is 9.55 Å². The average Bonchev–Trinajstić information content (AvgIpc) is 2.15. The van der Waals surface area contributed by atoms with Gasteiger partial charge in [-0.05, 0) is 18.9 Å². The van der Waals surface area contributed by atoms with E-state index in [1.54, 1.807) is 6.08 Å². The number of hydrogen-bond acceptors (Lipinski definition) is 2.